The molecule has 5 nitrogen and oxygen atoms in total. The molecular weight excluding hydrogens is 574 g/mol. The molecule has 228 valence electrons. The maximum Gasteiger partial charge on any atom is 0.416 e. The number of benzene rings is 2. The first-order valence-corrected chi connectivity index (χ1v) is 15.2. The zero-order valence-electron chi connectivity index (χ0n) is 23.7. The minimum Gasteiger partial charge on any atom is -0.493 e. The van der Waals surface area contributed by atoms with Crippen LogP contribution >= 0.6 is 11.6 Å². The highest BCUT2D eigenvalue weighted by Gasteiger charge is 2.40. The highest BCUT2D eigenvalue weighted by molar-refractivity contribution is 6.31. The number of halogens is 5. The van der Waals surface area contributed by atoms with Crippen LogP contribution in [-0.2, 0) is 22.3 Å². The second kappa shape index (κ2) is 12.9. The molecule has 0 unspecified atom stereocenters. The number of carbonyl (C=O) groups is 2. The minimum atomic E-state index is -4.42. The van der Waals surface area contributed by atoms with Crippen LogP contribution in [0.15, 0.2) is 30.3 Å². The average molecular weight is 610 g/mol. The molecule has 0 spiro atoms. The fourth-order valence-corrected chi connectivity index (χ4v) is 6.41. The van der Waals surface area contributed by atoms with Crippen LogP contribution in [0.5, 0.6) is 5.75 Å². The molecule has 2 aromatic carbocycles. The van der Waals surface area contributed by atoms with Crippen LogP contribution in [0.2, 0.25) is 5.02 Å². The van der Waals surface area contributed by atoms with E-state index < -0.39 is 29.4 Å². The molecule has 0 amide bonds. The molecule has 0 radical (unpaired) electrons. The van der Waals surface area contributed by atoms with Crippen molar-refractivity contribution in [1.82, 2.24) is 4.90 Å². The standard InChI is InChI=1S/C32H36ClF4NO4/c1-2-41-31(40)24-5-3-4-23(24)30(39)26-15-25(20-6-7-20)29(16-28(26)34)42-18-19-10-12-38(13-11-19)17-21-14-22(32(35,36)37)8-9-27(21)33/h8-9,14-16,19-20,23-24H,2-7,10-13,17-18H2,1H3/t23-,24-/m1/s1. The summed E-state index contributed by atoms with van der Waals surface area (Å²) in [5.41, 5.74) is 0.597. The second-order valence-electron chi connectivity index (χ2n) is 11.7. The van der Waals surface area contributed by atoms with Gasteiger partial charge in [-0.1, -0.05) is 18.0 Å². The molecule has 0 aromatic heterocycles. The van der Waals surface area contributed by atoms with E-state index in [1.807, 2.05) is 0 Å². The van der Waals surface area contributed by atoms with Gasteiger partial charge in [-0.15, -0.1) is 0 Å². The molecule has 2 aliphatic carbocycles. The molecule has 10 heteroatoms. The smallest absolute Gasteiger partial charge is 0.416 e. The monoisotopic (exact) mass is 609 g/mol. The van der Waals surface area contributed by atoms with Gasteiger partial charge in [0.25, 0.3) is 0 Å². The Bertz CT molecular complexity index is 1300. The van der Waals surface area contributed by atoms with Gasteiger partial charge in [0.1, 0.15) is 11.6 Å². The first-order valence-electron chi connectivity index (χ1n) is 14.8. The predicted molar refractivity (Wildman–Crippen MR) is 150 cm³/mol. The van der Waals surface area contributed by atoms with Crippen LogP contribution in [0.1, 0.15) is 84.8 Å². The molecule has 2 aromatic rings. The van der Waals surface area contributed by atoms with Gasteiger partial charge in [0.15, 0.2) is 5.78 Å². The second-order valence-corrected chi connectivity index (χ2v) is 12.1. The van der Waals surface area contributed by atoms with Gasteiger partial charge in [-0.05, 0) is 106 Å². The topological polar surface area (TPSA) is 55.8 Å². The van der Waals surface area contributed by atoms with E-state index in [1.54, 1.807) is 13.0 Å². The quantitative estimate of drug-likeness (QED) is 0.156. The van der Waals surface area contributed by atoms with Gasteiger partial charge in [-0.2, -0.15) is 13.2 Å². The highest BCUT2D eigenvalue weighted by atomic mass is 35.5. The molecule has 2 saturated carbocycles. The van der Waals surface area contributed by atoms with Crippen molar-refractivity contribution in [1.29, 1.82) is 0 Å². The molecule has 1 saturated heterocycles. The van der Waals surface area contributed by atoms with Crippen molar-refractivity contribution >= 4 is 23.4 Å². The summed E-state index contributed by atoms with van der Waals surface area (Å²) in [5.74, 6) is -1.60. The summed E-state index contributed by atoms with van der Waals surface area (Å²) in [7, 11) is 0. The summed E-state index contributed by atoms with van der Waals surface area (Å²) in [5, 5.41) is 0.314. The number of piperidine rings is 1. The summed E-state index contributed by atoms with van der Waals surface area (Å²) >= 11 is 6.18. The summed E-state index contributed by atoms with van der Waals surface area (Å²) in [6.07, 6.45) is 0.870. The number of hydrogen-bond acceptors (Lipinski definition) is 5. The van der Waals surface area contributed by atoms with Crippen LogP contribution in [0.25, 0.3) is 0 Å². The molecule has 5 rings (SSSR count). The summed E-state index contributed by atoms with van der Waals surface area (Å²) in [6, 6.07) is 6.35. The minimum absolute atomic E-state index is 0.0204. The maximum atomic E-state index is 15.3. The van der Waals surface area contributed by atoms with Gasteiger partial charge in [-0.3, -0.25) is 14.5 Å². The predicted octanol–water partition coefficient (Wildman–Crippen LogP) is 7.83. The SMILES string of the molecule is CCOC(=O)[C@@H]1CCC[C@H]1C(=O)c1cc(C2CC2)c(OCC2CCN(Cc3cc(C(F)(F)F)ccc3Cl)CC2)cc1F. The molecule has 0 N–H and O–H groups in total. The number of esters is 1. The Balaban J connectivity index is 1.20. The van der Waals surface area contributed by atoms with E-state index >= 15 is 4.39 Å². The van der Waals surface area contributed by atoms with E-state index in [9.17, 15) is 22.8 Å². The number of alkyl halides is 3. The lowest BCUT2D eigenvalue weighted by molar-refractivity contribution is -0.148. The maximum absolute atomic E-state index is 15.3. The number of carbonyl (C=O) groups excluding carboxylic acids is 2. The Morgan fingerprint density at radius 1 is 1.00 bits per heavy atom. The lowest BCUT2D eigenvalue weighted by Gasteiger charge is -2.32. The van der Waals surface area contributed by atoms with Crippen molar-refractivity contribution in [3.8, 4) is 5.75 Å². The fourth-order valence-electron chi connectivity index (χ4n) is 6.24. The van der Waals surface area contributed by atoms with Gasteiger partial charge in [-0.25, -0.2) is 4.39 Å². The average Bonchev–Trinajstić information content (AvgIpc) is 3.68. The Morgan fingerprint density at radius 3 is 2.38 bits per heavy atom. The molecular formula is C32H36ClF4NO4. The molecule has 42 heavy (non-hydrogen) atoms. The third-order valence-electron chi connectivity index (χ3n) is 8.77. The summed E-state index contributed by atoms with van der Waals surface area (Å²) in [6.45, 7) is 4.05. The van der Waals surface area contributed by atoms with Crippen molar-refractivity contribution in [3.63, 3.8) is 0 Å². The van der Waals surface area contributed by atoms with Gasteiger partial charge < -0.3 is 9.47 Å². The molecule has 3 aliphatic rings. The number of nitrogens with zero attached hydrogens (tertiary/aromatic N) is 1. The van der Waals surface area contributed by atoms with Gasteiger partial charge in [0.2, 0.25) is 0 Å². The Hall–Kier alpha value is -2.65. The van der Waals surface area contributed by atoms with Crippen LogP contribution in [0, 0.1) is 23.6 Å². The first-order chi connectivity index (χ1) is 20.0. The van der Waals surface area contributed by atoms with Crippen molar-refractivity contribution in [2.45, 2.75) is 70.5 Å². The molecule has 1 aliphatic heterocycles. The zero-order chi connectivity index (χ0) is 30.0. The lowest BCUT2D eigenvalue weighted by atomic mass is 9.87. The molecule has 1 heterocycles. The van der Waals surface area contributed by atoms with E-state index in [0.29, 0.717) is 55.4 Å². The highest BCUT2D eigenvalue weighted by Crippen LogP contribution is 2.46. The van der Waals surface area contributed by atoms with Gasteiger partial charge >= 0.3 is 12.1 Å². The number of ether oxygens (including phenoxy) is 2. The Morgan fingerprint density at radius 2 is 1.71 bits per heavy atom. The van der Waals surface area contributed by atoms with E-state index in [-0.39, 0.29) is 35.8 Å². The van der Waals surface area contributed by atoms with Crippen molar-refractivity contribution < 1.29 is 36.6 Å². The molecule has 3 fully saturated rings. The normalized spacial score (nSPS) is 21.9. The van der Waals surface area contributed by atoms with Crippen LogP contribution in [0.4, 0.5) is 17.6 Å². The fraction of sp³-hybridized carbons (Fsp3) is 0.562. The van der Waals surface area contributed by atoms with E-state index in [2.05, 4.69) is 4.90 Å². The number of rotatable bonds is 10. The van der Waals surface area contributed by atoms with Crippen molar-refractivity contribution in [3.05, 3.63) is 63.4 Å². The number of likely N-dealkylation sites (tertiary alicyclic amines) is 1. The van der Waals surface area contributed by atoms with Crippen molar-refractivity contribution in [2.75, 3.05) is 26.3 Å². The number of Topliss-reactive ketones (excluding diaryl/α,β-unsaturated/α-hetero) is 1. The van der Waals surface area contributed by atoms with Crippen LogP contribution in [-0.4, -0.2) is 43.0 Å². The number of ketones is 1. The van der Waals surface area contributed by atoms with E-state index in [4.69, 9.17) is 21.1 Å². The van der Waals surface area contributed by atoms with Crippen LogP contribution in [0.3, 0.4) is 0 Å². The van der Waals surface area contributed by atoms with Crippen molar-refractivity contribution in [2.24, 2.45) is 17.8 Å². The number of hydrogen-bond donors (Lipinski definition) is 0. The summed E-state index contributed by atoms with van der Waals surface area (Å²) < 4.78 is 66.1. The van der Waals surface area contributed by atoms with Crippen LogP contribution < -0.4 is 4.74 Å². The molecule has 0 bridgehead atoms. The third-order valence-corrected chi connectivity index (χ3v) is 9.14. The van der Waals surface area contributed by atoms with E-state index in [1.165, 1.54) is 12.1 Å². The first kappa shape index (κ1) is 30.8. The lowest BCUT2D eigenvalue weighted by Crippen LogP contribution is -2.35. The largest absolute Gasteiger partial charge is 0.493 e. The van der Waals surface area contributed by atoms with Gasteiger partial charge in [0.05, 0.1) is 30.3 Å². The Kier molecular flexibility index (Phi) is 9.47. The van der Waals surface area contributed by atoms with Gasteiger partial charge in [0, 0.05) is 23.6 Å². The third kappa shape index (κ3) is 7.10. The summed E-state index contributed by atoms with van der Waals surface area (Å²) in [4.78, 5) is 27.9. The molecule has 2 atom stereocenters. The Labute approximate surface area is 248 Å². The zero-order valence-corrected chi connectivity index (χ0v) is 24.4. The van der Waals surface area contributed by atoms with E-state index in [0.717, 1.165) is 49.8 Å².